The molecule has 0 atom stereocenters. The lowest BCUT2D eigenvalue weighted by Gasteiger charge is -2.32. The summed E-state index contributed by atoms with van der Waals surface area (Å²) in [6.07, 6.45) is 2.83. The molecule has 2 amide bonds. The van der Waals surface area contributed by atoms with Crippen LogP contribution in [0.2, 0.25) is 0 Å². The number of hydrogen-bond donors (Lipinski definition) is 1. The molecule has 2 rings (SSSR count). The van der Waals surface area contributed by atoms with E-state index in [2.05, 4.69) is 5.32 Å². The minimum absolute atomic E-state index is 0.0249. The summed E-state index contributed by atoms with van der Waals surface area (Å²) in [7, 11) is 0. The third-order valence-electron chi connectivity index (χ3n) is 4.45. The van der Waals surface area contributed by atoms with E-state index in [9.17, 15) is 9.59 Å². The number of para-hydroxylation sites is 1. The number of alkyl carbamates (subject to hydrolysis) is 1. The summed E-state index contributed by atoms with van der Waals surface area (Å²) < 4.78 is 5.30. The Morgan fingerprint density at radius 2 is 1.72 bits per heavy atom. The van der Waals surface area contributed by atoms with Crippen molar-refractivity contribution in [1.82, 2.24) is 5.32 Å². The summed E-state index contributed by atoms with van der Waals surface area (Å²) in [4.78, 5) is 26.6. The van der Waals surface area contributed by atoms with Crippen LogP contribution in [-0.2, 0) is 9.53 Å². The normalized spacial score (nSPS) is 20.6. The fraction of sp³-hybridized carbons (Fsp3) is 0.600. The number of nitrogens with zero attached hydrogens (tertiary/aromatic N) is 1. The molecule has 5 heteroatoms. The van der Waals surface area contributed by atoms with Crippen molar-refractivity contribution in [2.24, 2.45) is 5.92 Å². The average Bonchev–Trinajstić information content (AvgIpc) is 2.55. The lowest BCUT2D eigenvalue weighted by molar-refractivity contribution is -0.123. The molecule has 0 unspecified atom stereocenters. The van der Waals surface area contributed by atoms with Crippen LogP contribution in [0.1, 0.15) is 53.4 Å². The van der Waals surface area contributed by atoms with E-state index >= 15 is 0 Å². The number of rotatable bonds is 4. The Morgan fingerprint density at radius 1 is 1.12 bits per heavy atom. The van der Waals surface area contributed by atoms with Gasteiger partial charge < -0.3 is 15.0 Å². The van der Waals surface area contributed by atoms with Crippen molar-refractivity contribution >= 4 is 17.7 Å². The molecule has 0 aromatic heterocycles. The first-order chi connectivity index (χ1) is 11.8. The van der Waals surface area contributed by atoms with Crippen molar-refractivity contribution in [2.75, 3.05) is 11.4 Å². The molecule has 1 aliphatic rings. The lowest BCUT2D eigenvalue weighted by atomic mass is 9.85. The number of carbonyl (C=O) groups excluding carboxylic acids is 2. The molecule has 1 saturated carbocycles. The van der Waals surface area contributed by atoms with Gasteiger partial charge in [-0.25, -0.2) is 4.79 Å². The molecule has 0 aliphatic heterocycles. The highest BCUT2D eigenvalue weighted by Gasteiger charge is 2.30. The van der Waals surface area contributed by atoms with Gasteiger partial charge in [-0.1, -0.05) is 18.2 Å². The van der Waals surface area contributed by atoms with E-state index in [0.717, 1.165) is 31.4 Å². The molecule has 138 valence electrons. The topological polar surface area (TPSA) is 58.6 Å². The highest BCUT2D eigenvalue weighted by Crippen LogP contribution is 2.28. The first-order valence-electron chi connectivity index (χ1n) is 9.16. The second-order valence-corrected chi connectivity index (χ2v) is 7.61. The van der Waals surface area contributed by atoms with Crippen molar-refractivity contribution in [3.63, 3.8) is 0 Å². The number of benzene rings is 1. The van der Waals surface area contributed by atoms with Crippen LogP contribution in [0.3, 0.4) is 0 Å². The van der Waals surface area contributed by atoms with E-state index in [4.69, 9.17) is 4.74 Å². The number of ether oxygens (including phenoxy) is 1. The van der Waals surface area contributed by atoms with Crippen LogP contribution in [0.15, 0.2) is 30.3 Å². The predicted octanol–water partition coefficient (Wildman–Crippen LogP) is 4.12. The van der Waals surface area contributed by atoms with Gasteiger partial charge in [0.1, 0.15) is 5.60 Å². The zero-order valence-corrected chi connectivity index (χ0v) is 15.7. The van der Waals surface area contributed by atoms with Crippen LogP contribution >= 0.6 is 0 Å². The van der Waals surface area contributed by atoms with Gasteiger partial charge in [0.15, 0.2) is 0 Å². The van der Waals surface area contributed by atoms with Crippen molar-refractivity contribution < 1.29 is 14.3 Å². The minimum Gasteiger partial charge on any atom is -0.444 e. The summed E-state index contributed by atoms with van der Waals surface area (Å²) in [6.45, 7) is 8.22. The van der Waals surface area contributed by atoms with Gasteiger partial charge in [-0.15, -0.1) is 0 Å². The quantitative estimate of drug-likeness (QED) is 0.892. The van der Waals surface area contributed by atoms with Gasteiger partial charge in [-0.3, -0.25) is 4.79 Å². The Kier molecular flexibility index (Phi) is 6.45. The van der Waals surface area contributed by atoms with Crippen molar-refractivity contribution in [2.45, 2.75) is 65.0 Å². The highest BCUT2D eigenvalue weighted by molar-refractivity contribution is 5.95. The Labute approximate surface area is 150 Å². The summed E-state index contributed by atoms with van der Waals surface area (Å²) >= 11 is 0. The second kappa shape index (κ2) is 8.37. The molecule has 0 saturated heterocycles. The zero-order chi connectivity index (χ0) is 18.4. The molecule has 1 N–H and O–H groups in total. The van der Waals surface area contributed by atoms with Gasteiger partial charge in [0.05, 0.1) is 0 Å². The fourth-order valence-corrected chi connectivity index (χ4v) is 3.25. The summed E-state index contributed by atoms with van der Waals surface area (Å²) in [6, 6.07) is 9.88. The fourth-order valence-electron chi connectivity index (χ4n) is 3.25. The smallest absolute Gasteiger partial charge is 0.407 e. The van der Waals surface area contributed by atoms with Crippen LogP contribution in [0.25, 0.3) is 0 Å². The van der Waals surface area contributed by atoms with E-state index in [-0.39, 0.29) is 24.0 Å². The van der Waals surface area contributed by atoms with E-state index in [1.807, 2.05) is 62.9 Å². The number of amides is 2. The van der Waals surface area contributed by atoms with E-state index in [1.165, 1.54) is 0 Å². The highest BCUT2D eigenvalue weighted by atomic mass is 16.6. The summed E-state index contributed by atoms with van der Waals surface area (Å²) in [5.41, 5.74) is 0.457. The molecule has 25 heavy (non-hydrogen) atoms. The summed E-state index contributed by atoms with van der Waals surface area (Å²) in [5.74, 6) is 0.210. The van der Waals surface area contributed by atoms with E-state index in [1.54, 1.807) is 0 Å². The van der Waals surface area contributed by atoms with Gasteiger partial charge in [-0.05, 0) is 65.5 Å². The first kappa shape index (κ1) is 19.3. The largest absolute Gasteiger partial charge is 0.444 e. The minimum atomic E-state index is -0.492. The SMILES string of the molecule is CCN(C(=O)C1CCC(NC(=O)OC(C)(C)C)CC1)c1ccccc1. The standard InChI is InChI=1S/C20H30N2O3/c1-5-22(17-9-7-6-8-10-17)18(23)15-11-13-16(14-12-15)21-19(24)25-20(2,3)4/h6-10,15-16H,5,11-14H2,1-4H3,(H,21,24). The van der Waals surface area contributed by atoms with Crippen molar-refractivity contribution in [1.29, 1.82) is 0 Å². The number of anilines is 1. The van der Waals surface area contributed by atoms with E-state index in [0.29, 0.717) is 6.54 Å². The van der Waals surface area contributed by atoms with Gasteiger partial charge in [0.25, 0.3) is 0 Å². The monoisotopic (exact) mass is 346 g/mol. The molecule has 1 fully saturated rings. The first-order valence-corrected chi connectivity index (χ1v) is 9.16. The molecule has 0 bridgehead atoms. The van der Waals surface area contributed by atoms with Crippen LogP contribution in [0, 0.1) is 5.92 Å². The number of hydrogen-bond acceptors (Lipinski definition) is 3. The molecule has 0 radical (unpaired) electrons. The molecular weight excluding hydrogens is 316 g/mol. The molecular formula is C20H30N2O3. The van der Waals surface area contributed by atoms with Crippen molar-refractivity contribution in [3.05, 3.63) is 30.3 Å². The third-order valence-corrected chi connectivity index (χ3v) is 4.45. The van der Waals surface area contributed by atoms with Crippen molar-refractivity contribution in [3.8, 4) is 0 Å². The van der Waals surface area contributed by atoms with Crippen LogP contribution in [0.4, 0.5) is 10.5 Å². The van der Waals surface area contributed by atoms with Crippen LogP contribution in [0.5, 0.6) is 0 Å². The average molecular weight is 346 g/mol. The van der Waals surface area contributed by atoms with Gasteiger partial charge in [0, 0.05) is 24.2 Å². The zero-order valence-electron chi connectivity index (χ0n) is 15.7. The molecule has 1 aromatic carbocycles. The van der Waals surface area contributed by atoms with Crippen LogP contribution in [-0.4, -0.2) is 30.2 Å². The second-order valence-electron chi connectivity index (χ2n) is 7.61. The Bertz CT molecular complexity index is 572. The summed E-state index contributed by atoms with van der Waals surface area (Å²) in [5, 5.41) is 2.92. The Morgan fingerprint density at radius 3 is 2.24 bits per heavy atom. The molecule has 1 aliphatic carbocycles. The molecule has 5 nitrogen and oxygen atoms in total. The van der Waals surface area contributed by atoms with Crippen LogP contribution < -0.4 is 10.2 Å². The maximum absolute atomic E-state index is 12.9. The third kappa shape index (κ3) is 5.76. The number of carbonyl (C=O) groups is 2. The maximum Gasteiger partial charge on any atom is 0.407 e. The lowest BCUT2D eigenvalue weighted by Crippen LogP contribution is -2.43. The maximum atomic E-state index is 12.9. The number of nitrogens with one attached hydrogen (secondary N) is 1. The Hall–Kier alpha value is -2.04. The molecule has 1 aromatic rings. The predicted molar refractivity (Wildman–Crippen MR) is 99.6 cm³/mol. The van der Waals surface area contributed by atoms with Gasteiger partial charge in [0.2, 0.25) is 5.91 Å². The molecule has 0 spiro atoms. The van der Waals surface area contributed by atoms with E-state index < -0.39 is 5.60 Å². The van der Waals surface area contributed by atoms with Gasteiger partial charge in [-0.2, -0.15) is 0 Å². The molecule has 0 heterocycles. The Balaban J connectivity index is 1.86. The van der Waals surface area contributed by atoms with Gasteiger partial charge >= 0.3 is 6.09 Å².